The van der Waals surface area contributed by atoms with E-state index in [2.05, 4.69) is 51.4 Å². The molecular weight excluding hydrogens is 264 g/mol. The summed E-state index contributed by atoms with van der Waals surface area (Å²) in [5, 5.41) is 3.71. The van der Waals surface area contributed by atoms with Gasteiger partial charge in [-0.3, -0.25) is 0 Å². The molecule has 3 heteroatoms. The number of nitrogens with zero attached hydrogens (tertiary/aromatic N) is 1. The molecule has 3 rings (SSSR count). The first-order valence-electron chi connectivity index (χ1n) is 6.05. The Bertz CT molecular complexity index is 405. The van der Waals surface area contributed by atoms with Crippen LogP contribution in [0.2, 0.25) is 0 Å². The van der Waals surface area contributed by atoms with Crippen LogP contribution < -0.4 is 10.2 Å². The minimum atomic E-state index is 0.630. The number of rotatable bonds is 0. The molecule has 1 aliphatic heterocycles. The van der Waals surface area contributed by atoms with Crippen molar-refractivity contribution in [1.82, 2.24) is 0 Å². The van der Waals surface area contributed by atoms with Gasteiger partial charge in [0, 0.05) is 23.6 Å². The van der Waals surface area contributed by atoms with E-state index < -0.39 is 0 Å². The number of hydrogen-bond donors (Lipinski definition) is 1. The number of fused-ring (bicyclic) bond motifs is 2. The summed E-state index contributed by atoms with van der Waals surface area (Å²) in [5.41, 5.74) is 2.60. The molecule has 1 aromatic carbocycles. The lowest BCUT2D eigenvalue weighted by atomic mass is 9.87. The van der Waals surface area contributed by atoms with Crippen LogP contribution in [0.1, 0.15) is 25.7 Å². The third kappa shape index (κ3) is 1.53. The van der Waals surface area contributed by atoms with Crippen LogP contribution in [0.4, 0.5) is 11.4 Å². The summed E-state index contributed by atoms with van der Waals surface area (Å²) >= 11 is 3.64. The summed E-state index contributed by atoms with van der Waals surface area (Å²) in [6.07, 6.45) is 5.36. The van der Waals surface area contributed by atoms with E-state index in [9.17, 15) is 0 Å². The molecule has 0 aromatic heterocycles. The lowest BCUT2D eigenvalue weighted by Gasteiger charge is -2.45. The molecule has 1 aliphatic carbocycles. The highest BCUT2D eigenvalue weighted by atomic mass is 79.9. The van der Waals surface area contributed by atoms with E-state index in [1.807, 2.05) is 0 Å². The molecule has 2 atom stereocenters. The Kier molecular flexibility index (Phi) is 2.58. The van der Waals surface area contributed by atoms with Crippen LogP contribution in [0, 0.1) is 0 Å². The summed E-state index contributed by atoms with van der Waals surface area (Å²) in [5.74, 6) is 0. The van der Waals surface area contributed by atoms with Gasteiger partial charge in [-0.2, -0.15) is 0 Å². The SMILES string of the molecule is CN1c2cccc(Br)c2NC2CCCCC21. The molecule has 1 fully saturated rings. The number of benzene rings is 1. The minimum absolute atomic E-state index is 0.630. The van der Waals surface area contributed by atoms with E-state index in [0.29, 0.717) is 12.1 Å². The van der Waals surface area contributed by atoms with Gasteiger partial charge in [-0.1, -0.05) is 18.9 Å². The summed E-state index contributed by atoms with van der Waals surface area (Å²) in [4.78, 5) is 2.46. The van der Waals surface area contributed by atoms with Crippen LogP contribution in [0.3, 0.4) is 0 Å². The third-order valence-corrected chi connectivity index (χ3v) is 4.59. The Labute approximate surface area is 105 Å². The fraction of sp³-hybridized carbons (Fsp3) is 0.538. The van der Waals surface area contributed by atoms with E-state index in [0.717, 1.165) is 0 Å². The Hall–Kier alpha value is -0.700. The van der Waals surface area contributed by atoms with Crippen molar-refractivity contribution in [2.45, 2.75) is 37.8 Å². The molecular formula is C13H17BrN2. The Balaban J connectivity index is 2.03. The molecule has 2 unspecified atom stereocenters. The van der Waals surface area contributed by atoms with Crippen LogP contribution in [-0.2, 0) is 0 Å². The third-order valence-electron chi connectivity index (χ3n) is 3.93. The van der Waals surface area contributed by atoms with Crippen molar-refractivity contribution in [3.05, 3.63) is 22.7 Å². The van der Waals surface area contributed by atoms with E-state index in [-0.39, 0.29) is 0 Å². The van der Waals surface area contributed by atoms with E-state index in [4.69, 9.17) is 0 Å². The highest BCUT2D eigenvalue weighted by molar-refractivity contribution is 9.10. The maximum absolute atomic E-state index is 3.71. The van der Waals surface area contributed by atoms with Gasteiger partial charge in [0.05, 0.1) is 11.4 Å². The second-order valence-electron chi connectivity index (χ2n) is 4.85. The smallest absolute Gasteiger partial charge is 0.0725 e. The van der Waals surface area contributed by atoms with Crippen LogP contribution in [-0.4, -0.2) is 19.1 Å². The molecule has 2 nitrogen and oxygen atoms in total. The molecule has 0 bridgehead atoms. The normalized spacial score (nSPS) is 28.0. The van der Waals surface area contributed by atoms with Gasteiger partial charge in [-0.15, -0.1) is 0 Å². The summed E-state index contributed by atoms with van der Waals surface area (Å²) in [7, 11) is 2.23. The maximum atomic E-state index is 3.71. The van der Waals surface area contributed by atoms with Gasteiger partial charge in [-0.05, 0) is 40.9 Å². The van der Waals surface area contributed by atoms with Gasteiger partial charge < -0.3 is 10.2 Å². The van der Waals surface area contributed by atoms with E-state index >= 15 is 0 Å². The predicted molar refractivity (Wildman–Crippen MR) is 72.2 cm³/mol. The lowest BCUT2D eigenvalue weighted by molar-refractivity contribution is 0.385. The highest BCUT2D eigenvalue weighted by Crippen LogP contribution is 2.41. The fourth-order valence-electron chi connectivity index (χ4n) is 3.06. The molecule has 1 aromatic rings. The summed E-state index contributed by atoms with van der Waals surface area (Å²) < 4.78 is 1.18. The van der Waals surface area contributed by atoms with Gasteiger partial charge in [0.2, 0.25) is 0 Å². The fourth-order valence-corrected chi connectivity index (χ4v) is 3.53. The largest absolute Gasteiger partial charge is 0.378 e. The van der Waals surface area contributed by atoms with Gasteiger partial charge in [0.1, 0.15) is 0 Å². The Morgan fingerprint density at radius 3 is 3.00 bits per heavy atom. The van der Waals surface area contributed by atoms with E-state index in [1.165, 1.54) is 41.5 Å². The van der Waals surface area contributed by atoms with Crippen molar-refractivity contribution in [2.75, 3.05) is 17.3 Å². The number of halogens is 1. The van der Waals surface area contributed by atoms with Crippen molar-refractivity contribution in [3.8, 4) is 0 Å². The molecule has 1 N–H and O–H groups in total. The topological polar surface area (TPSA) is 15.3 Å². The zero-order chi connectivity index (χ0) is 11.1. The number of anilines is 2. The maximum Gasteiger partial charge on any atom is 0.0725 e. The van der Waals surface area contributed by atoms with Gasteiger partial charge in [0.25, 0.3) is 0 Å². The first-order valence-corrected chi connectivity index (χ1v) is 6.84. The number of para-hydroxylation sites is 1. The minimum Gasteiger partial charge on any atom is -0.378 e. The monoisotopic (exact) mass is 280 g/mol. The van der Waals surface area contributed by atoms with Crippen molar-refractivity contribution < 1.29 is 0 Å². The van der Waals surface area contributed by atoms with E-state index in [1.54, 1.807) is 0 Å². The molecule has 0 saturated heterocycles. The quantitative estimate of drug-likeness (QED) is 0.781. The van der Waals surface area contributed by atoms with Crippen molar-refractivity contribution in [2.24, 2.45) is 0 Å². The van der Waals surface area contributed by atoms with Crippen LogP contribution in [0.5, 0.6) is 0 Å². The Morgan fingerprint density at radius 1 is 1.31 bits per heavy atom. The number of hydrogen-bond acceptors (Lipinski definition) is 2. The van der Waals surface area contributed by atoms with Gasteiger partial charge in [0.15, 0.2) is 0 Å². The molecule has 16 heavy (non-hydrogen) atoms. The highest BCUT2D eigenvalue weighted by Gasteiger charge is 2.34. The molecule has 1 saturated carbocycles. The second-order valence-corrected chi connectivity index (χ2v) is 5.70. The summed E-state index contributed by atoms with van der Waals surface area (Å²) in [6.45, 7) is 0. The first-order chi connectivity index (χ1) is 7.77. The zero-order valence-corrected chi connectivity index (χ0v) is 11.1. The summed E-state index contributed by atoms with van der Waals surface area (Å²) in [6, 6.07) is 7.74. The van der Waals surface area contributed by atoms with Crippen molar-refractivity contribution in [1.29, 1.82) is 0 Å². The first kappa shape index (κ1) is 10.5. The van der Waals surface area contributed by atoms with Crippen LogP contribution in [0.25, 0.3) is 0 Å². The van der Waals surface area contributed by atoms with Gasteiger partial charge >= 0.3 is 0 Å². The predicted octanol–water partition coefficient (Wildman–Crippen LogP) is 3.62. The molecule has 0 amide bonds. The molecule has 86 valence electrons. The molecule has 1 heterocycles. The van der Waals surface area contributed by atoms with Crippen molar-refractivity contribution >= 4 is 27.3 Å². The van der Waals surface area contributed by atoms with Crippen LogP contribution in [0.15, 0.2) is 22.7 Å². The Morgan fingerprint density at radius 2 is 2.12 bits per heavy atom. The average Bonchev–Trinajstić information content (AvgIpc) is 2.31. The second kappa shape index (κ2) is 3.95. The standard InChI is InChI=1S/C13H17BrN2/c1-16-11-7-3-2-6-10(11)15-13-9(14)5-4-8-12(13)16/h4-5,8,10-11,15H,2-3,6-7H2,1H3. The zero-order valence-electron chi connectivity index (χ0n) is 9.54. The number of nitrogens with one attached hydrogen (secondary N) is 1. The van der Waals surface area contributed by atoms with Crippen molar-refractivity contribution in [3.63, 3.8) is 0 Å². The molecule has 0 radical (unpaired) electrons. The van der Waals surface area contributed by atoms with Crippen LogP contribution >= 0.6 is 15.9 Å². The average molecular weight is 281 g/mol. The lowest BCUT2D eigenvalue weighted by Crippen LogP contribution is -2.50. The van der Waals surface area contributed by atoms with Gasteiger partial charge in [-0.25, -0.2) is 0 Å². The molecule has 0 spiro atoms. The number of likely N-dealkylation sites (N-methyl/N-ethyl adjacent to an activating group) is 1. The molecule has 2 aliphatic rings.